The van der Waals surface area contributed by atoms with E-state index in [2.05, 4.69) is 35.1 Å². The van der Waals surface area contributed by atoms with Crippen LogP contribution in [-0.4, -0.2) is 23.6 Å². The lowest BCUT2D eigenvalue weighted by molar-refractivity contribution is 0.180. The molecule has 1 aromatic rings. The summed E-state index contributed by atoms with van der Waals surface area (Å²) in [6.45, 7) is 5.74. The van der Waals surface area contributed by atoms with Gasteiger partial charge in [-0.25, -0.2) is 9.97 Å². The second-order valence-corrected chi connectivity index (χ2v) is 6.06. The smallest absolute Gasteiger partial charge is 0.144 e. The van der Waals surface area contributed by atoms with Crippen LogP contribution in [0.3, 0.4) is 0 Å². The van der Waals surface area contributed by atoms with Gasteiger partial charge >= 0.3 is 0 Å². The Kier molecular flexibility index (Phi) is 5.16. The van der Waals surface area contributed by atoms with Gasteiger partial charge in [-0.2, -0.15) is 0 Å². The van der Waals surface area contributed by atoms with Gasteiger partial charge in [0.25, 0.3) is 0 Å². The van der Waals surface area contributed by atoms with Gasteiger partial charge in [0.15, 0.2) is 0 Å². The van der Waals surface area contributed by atoms with Crippen molar-refractivity contribution in [3.63, 3.8) is 0 Å². The molecule has 1 N–H and O–H groups in total. The highest BCUT2D eigenvalue weighted by atomic mass is 79.9. The molecular formula is C14H22BrN3O. The molecule has 19 heavy (non-hydrogen) atoms. The number of nitrogens with one attached hydrogen (secondary N) is 1. The molecule has 2 unspecified atom stereocenters. The molecule has 106 valence electrons. The average molecular weight is 328 g/mol. The predicted octanol–water partition coefficient (Wildman–Crippen LogP) is 3.72. The first kappa shape index (κ1) is 14.7. The summed E-state index contributed by atoms with van der Waals surface area (Å²) in [7, 11) is 1.69. The fraction of sp³-hybridized carbons (Fsp3) is 0.714. The molecule has 0 aromatic carbocycles. The van der Waals surface area contributed by atoms with Crippen molar-refractivity contribution in [2.24, 2.45) is 5.92 Å². The van der Waals surface area contributed by atoms with E-state index in [9.17, 15) is 0 Å². The first-order valence-electron chi connectivity index (χ1n) is 6.94. The fourth-order valence-electron chi connectivity index (χ4n) is 2.65. The van der Waals surface area contributed by atoms with Gasteiger partial charge in [-0.15, -0.1) is 0 Å². The Morgan fingerprint density at radius 3 is 2.74 bits per heavy atom. The summed E-state index contributed by atoms with van der Waals surface area (Å²) in [5.74, 6) is 3.14. The maximum Gasteiger partial charge on any atom is 0.144 e. The minimum atomic E-state index is 0.496. The highest BCUT2D eigenvalue weighted by molar-refractivity contribution is 9.10. The SMILES string of the molecule is CCNc1nc(C2CCC(C)C2)nc(COC)c1Br. The van der Waals surface area contributed by atoms with E-state index in [0.29, 0.717) is 12.5 Å². The van der Waals surface area contributed by atoms with Crippen molar-refractivity contribution in [1.82, 2.24) is 9.97 Å². The molecule has 1 aliphatic rings. The van der Waals surface area contributed by atoms with E-state index < -0.39 is 0 Å². The van der Waals surface area contributed by atoms with Crippen LogP contribution < -0.4 is 5.32 Å². The number of halogens is 1. The van der Waals surface area contributed by atoms with Gasteiger partial charge in [0, 0.05) is 19.6 Å². The van der Waals surface area contributed by atoms with Crippen LogP contribution >= 0.6 is 15.9 Å². The van der Waals surface area contributed by atoms with E-state index in [4.69, 9.17) is 14.7 Å². The van der Waals surface area contributed by atoms with E-state index in [0.717, 1.165) is 34.3 Å². The van der Waals surface area contributed by atoms with Crippen molar-refractivity contribution in [2.75, 3.05) is 19.0 Å². The average Bonchev–Trinajstić information content (AvgIpc) is 2.81. The predicted molar refractivity (Wildman–Crippen MR) is 80.4 cm³/mol. The zero-order chi connectivity index (χ0) is 13.8. The molecule has 4 nitrogen and oxygen atoms in total. The lowest BCUT2D eigenvalue weighted by Gasteiger charge is -2.15. The van der Waals surface area contributed by atoms with Crippen LogP contribution in [-0.2, 0) is 11.3 Å². The summed E-state index contributed by atoms with van der Waals surface area (Å²) in [5.41, 5.74) is 0.933. The quantitative estimate of drug-likeness (QED) is 0.895. The Morgan fingerprint density at radius 2 is 2.16 bits per heavy atom. The Morgan fingerprint density at radius 1 is 1.37 bits per heavy atom. The minimum Gasteiger partial charge on any atom is -0.378 e. The lowest BCUT2D eigenvalue weighted by Crippen LogP contribution is -2.10. The summed E-state index contributed by atoms with van der Waals surface area (Å²) >= 11 is 3.57. The van der Waals surface area contributed by atoms with Gasteiger partial charge in [-0.1, -0.05) is 6.92 Å². The van der Waals surface area contributed by atoms with Crippen LogP contribution in [0, 0.1) is 5.92 Å². The third-order valence-electron chi connectivity index (χ3n) is 3.62. The summed E-state index contributed by atoms with van der Waals surface area (Å²) in [4.78, 5) is 9.40. The van der Waals surface area contributed by atoms with Crippen LogP contribution in [0.5, 0.6) is 0 Å². The third-order valence-corrected chi connectivity index (χ3v) is 4.46. The molecule has 0 amide bonds. The summed E-state index contributed by atoms with van der Waals surface area (Å²) < 4.78 is 6.15. The van der Waals surface area contributed by atoms with Crippen molar-refractivity contribution in [2.45, 2.75) is 45.6 Å². The Bertz CT molecular complexity index is 412. The van der Waals surface area contributed by atoms with E-state index in [1.165, 1.54) is 19.3 Å². The second-order valence-electron chi connectivity index (χ2n) is 5.27. The molecule has 0 bridgehead atoms. The molecule has 1 aliphatic carbocycles. The third kappa shape index (κ3) is 3.45. The first-order valence-corrected chi connectivity index (χ1v) is 7.74. The first-order chi connectivity index (χ1) is 9.15. The number of hydrogen-bond acceptors (Lipinski definition) is 4. The number of nitrogens with zero attached hydrogens (tertiary/aromatic N) is 2. The van der Waals surface area contributed by atoms with E-state index in [1.54, 1.807) is 7.11 Å². The van der Waals surface area contributed by atoms with Gasteiger partial charge in [0.2, 0.25) is 0 Å². The molecule has 2 rings (SSSR count). The molecule has 2 atom stereocenters. The molecular weight excluding hydrogens is 306 g/mol. The monoisotopic (exact) mass is 327 g/mol. The number of aromatic nitrogens is 2. The highest BCUT2D eigenvalue weighted by Crippen LogP contribution is 2.38. The maximum atomic E-state index is 5.23. The Labute approximate surface area is 123 Å². The van der Waals surface area contributed by atoms with Crippen LogP contribution in [0.4, 0.5) is 5.82 Å². The molecule has 0 aliphatic heterocycles. The topological polar surface area (TPSA) is 47.0 Å². The standard InChI is InChI=1S/C14H22BrN3O/c1-4-16-14-12(15)11(8-19-3)17-13(18-14)10-6-5-9(2)7-10/h9-10H,4-8H2,1-3H3,(H,16,17,18). The van der Waals surface area contributed by atoms with Crippen molar-refractivity contribution < 1.29 is 4.74 Å². The molecule has 0 saturated heterocycles. The van der Waals surface area contributed by atoms with Gasteiger partial charge < -0.3 is 10.1 Å². The van der Waals surface area contributed by atoms with Crippen LogP contribution in [0.1, 0.15) is 50.5 Å². The number of hydrogen-bond donors (Lipinski definition) is 1. The molecule has 5 heteroatoms. The molecule has 1 aromatic heterocycles. The summed E-state index contributed by atoms with van der Waals surface area (Å²) in [5, 5.41) is 3.30. The molecule has 1 saturated carbocycles. The number of ether oxygens (including phenoxy) is 1. The molecule has 1 heterocycles. The zero-order valence-corrected chi connectivity index (χ0v) is 13.5. The van der Waals surface area contributed by atoms with Crippen molar-refractivity contribution in [3.8, 4) is 0 Å². The molecule has 0 spiro atoms. The normalized spacial score (nSPS) is 22.7. The number of methoxy groups -OCH3 is 1. The molecule has 1 fully saturated rings. The van der Waals surface area contributed by atoms with E-state index in [-0.39, 0.29) is 0 Å². The summed E-state index contributed by atoms with van der Waals surface area (Å²) in [6, 6.07) is 0. The maximum absolute atomic E-state index is 5.23. The highest BCUT2D eigenvalue weighted by Gasteiger charge is 2.26. The largest absolute Gasteiger partial charge is 0.378 e. The van der Waals surface area contributed by atoms with Crippen molar-refractivity contribution >= 4 is 21.7 Å². The van der Waals surface area contributed by atoms with Gasteiger partial charge in [-0.05, 0) is 48.0 Å². The summed E-state index contributed by atoms with van der Waals surface area (Å²) in [6.07, 6.45) is 3.67. The van der Waals surface area contributed by atoms with Gasteiger partial charge in [0.05, 0.1) is 16.8 Å². The molecule has 0 radical (unpaired) electrons. The van der Waals surface area contributed by atoms with E-state index >= 15 is 0 Å². The van der Waals surface area contributed by atoms with Gasteiger partial charge in [-0.3, -0.25) is 0 Å². The van der Waals surface area contributed by atoms with Crippen molar-refractivity contribution in [3.05, 3.63) is 16.0 Å². The van der Waals surface area contributed by atoms with E-state index in [1.807, 2.05) is 0 Å². The number of anilines is 1. The van der Waals surface area contributed by atoms with Crippen LogP contribution in [0.15, 0.2) is 4.47 Å². The Balaban J connectivity index is 2.32. The van der Waals surface area contributed by atoms with Crippen LogP contribution in [0.2, 0.25) is 0 Å². The van der Waals surface area contributed by atoms with Crippen LogP contribution in [0.25, 0.3) is 0 Å². The Hall–Kier alpha value is -0.680. The fourth-order valence-corrected chi connectivity index (χ4v) is 3.09. The lowest BCUT2D eigenvalue weighted by atomic mass is 10.1. The van der Waals surface area contributed by atoms with Gasteiger partial charge in [0.1, 0.15) is 11.6 Å². The zero-order valence-electron chi connectivity index (χ0n) is 11.9. The van der Waals surface area contributed by atoms with Crippen molar-refractivity contribution in [1.29, 1.82) is 0 Å². The minimum absolute atomic E-state index is 0.496. The second kappa shape index (κ2) is 6.66. The number of rotatable bonds is 5.